The van der Waals surface area contributed by atoms with Gasteiger partial charge in [-0.3, -0.25) is 4.79 Å². The molecule has 1 amide bonds. The molecule has 0 aliphatic rings. The largest absolute Gasteiger partial charge is 0.494 e. The number of amides is 1. The highest BCUT2D eigenvalue weighted by Gasteiger charge is 2.02. The zero-order valence-electron chi connectivity index (χ0n) is 9.55. The van der Waals surface area contributed by atoms with Crippen LogP contribution >= 0.6 is 11.6 Å². The predicted octanol–water partition coefficient (Wildman–Crippen LogP) is 2.25. The van der Waals surface area contributed by atoms with Crippen LogP contribution in [-0.4, -0.2) is 18.4 Å². The molecule has 16 heavy (non-hydrogen) atoms. The van der Waals surface area contributed by atoms with Gasteiger partial charge in [-0.15, -0.1) is 11.6 Å². The lowest BCUT2D eigenvalue weighted by Gasteiger charge is -2.09. The van der Waals surface area contributed by atoms with Crippen molar-refractivity contribution < 1.29 is 9.53 Å². The van der Waals surface area contributed by atoms with Crippen molar-refractivity contribution in [3.63, 3.8) is 0 Å². The quantitative estimate of drug-likeness (QED) is 0.803. The zero-order valence-corrected chi connectivity index (χ0v) is 10.3. The van der Waals surface area contributed by atoms with E-state index >= 15 is 0 Å². The van der Waals surface area contributed by atoms with Gasteiger partial charge in [0.2, 0.25) is 5.91 Å². The molecule has 0 bridgehead atoms. The van der Waals surface area contributed by atoms with Crippen LogP contribution in [0.15, 0.2) is 18.2 Å². The van der Waals surface area contributed by atoms with Crippen LogP contribution in [0.1, 0.15) is 18.1 Å². The van der Waals surface area contributed by atoms with Crippen LogP contribution in [0.3, 0.4) is 0 Å². The van der Waals surface area contributed by atoms with E-state index < -0.39 is 0 Å². The normalized spacial score (nSPS) is 9.94. The molecule has 0 aliphatic carbocycles. The Morgan fingerprint density at radius 3 is 2.81 bits per heavy atom. The molecule has 0 aliphatic heterocycles. The van der Waals surface area contributed by atoms with Crippen molar-refractivity contribution in [1.29, 1.82) is 0 Å². The number of hydrogen-bond acceptors (Lipinski definition) is 2. The minimum atomic E-state index is -0.159. The lowest BCUT2D eigenvalue weighted by Crippen LogP contribution is -2.23. The Labute approximate surface area is 101 Å². The molecule has 0 saturated heterocycles. The van der Waals surface area contributed by atoms with Crippen LogP contribution in [0.2, 0.25) is 0 Å². The van der Waals surface area contributed by atoms with Crippen molar-refractivity contribution in [3.05, 3.63) is 29.3 Å². The number of hydrogen-bond donors (Lipinski definition) is 1. The van der Waals surface area contributed by atoms with Crippen LogP contribution in [0.5, 0.6) is 5.75 Å². The second kappa shape index (κ2) is 6.38. The maximum Gasteiger partial charge on any atom is 0.235 e. The molecule has 0 saturated carbocycles. The summed E-state index contributed by atoms with van der Waals surface area (Å²) in [7, 11) is 0. The maximum absolute atomic E-state index is 11.0. The first-order valence-electron chi connectivity index (χ1n) is 5.22. The summed E-state index contributed by atoms with van der Waals surface area (Å²) in [5, 5.41) is 2.72. The van der Waals surface area contributed by atoms with Gasteiger partial charge in [0.25, 0.3) is 0 Å². The van der Waals surface area contributed by atoms with Crippen molar-refractivity contribution in [3.8, 4) is 5.75 Å². The average molecular weight is 242 g/mol. The summed E-state index contributed by atoms with van der Waals surface area (Å²) in [6.07, 6.45) is 0. The van der Waals surface area contributed by atoms with Crippen molar-refractivity contribution >= 4 is 17.5 Å². The second-order valence-electron chi connectivity index (χ2n) is 3.44. The summed E-state index contributed by atoms with van der Waals surface area (Å²) < 4.78 is 5.43. The minimum absolute atomic E-state index is 0.00396. The van der Waals surface area contributed by atoms with E-state index in [-0.39, 0.29) is 11.8 Å². The van der Waals surface area contributed by atoms with E-state index in [1.807, 2.05) is 32.0 Å². The number of alkyl halides is 1. The summed E-state index contributed by atoms with van der Waals surface area (Å²) in [4.78, 5) is 11.0. The standard InChI is InChI=1S/C12H16ClNO2/c1-3-16-11-5-4-10(6-9(11)2)8-14-12(15)7-13/h4-6H,3,7-8H2,1-2H3,(H,14,15). The molecule has 1 rings (SSSR count). The van der Waals surface area contributed by atoms with Gasteiger partial charge in [0.1, 0.15) is 11.6 Å². The van der Waals surface area contributed by atoms with Crippen molar-refractivity contribution in [2.45, 2.75) is 20.4 Å². The van der Waals surface area contributed by atoms with Crippen molar-refractivity contribution in [2.75, 3.05) is 12.5 Å². The SMILES string of the molecule is CCOc1ccc(CNC(=O)CCl)cc1C. The molecule has 0 spiro atoms. The number of carbonyl (C=O) groups excluding carboxylic acids is 1. The molecule has 3 nitrogen and oxygen atoms in total. The Morgan fingerprint density at radius 2 is 2.25 bits per heavy atom. The number of aryl methyl sites for hydroxylation is 1. The third kappa shape index (κ3) is 3.74. The second-order valence-corrected chi connectivity index (χ2v) is 3.71. The summed E-state index contributed by atoms with van der Waals surface area (Å²) in [6, 6.07) is 5.85. The number of ether oxygens (including phenoxy) is 1. The third-order valence-electron chi connectivity index (χ3n) is 2.15. The molecule has 0 atom stereocenters. The number of benzene rings is 1. The maximum atomic E-state index is 11.0. The van der Waals surface area contributed by atoms with E-state index in [0.717, 1.165) is 16.9 Å². The van der Waals surface area contributed by atoms with Crippen LogP contribution in [0, 0.1) is 6.92 Å². The van der Waals surface area contributed by atoms with Gasteiger partial charge in [0.15, 0.2) is 0 Å². The van der Waals surface area contributed by atoms with Gasteiger partial charge in [0, 0.05) is 6.54 Å². The molecule has 88 valence electrons. The molecular weight excluding hydrogens is 226 g/mol. The average Bonchev–Trinajstić information content (AvgIpc) is 2.29. The van der Waals surface area contributed by atoms with Gasteiger partial charge in [-0.1, -0.05) is 12.1 Å². The lowest BCUT2D eigenvalue weighted by atomic mass is 10.1. The van der Waals surface area contributed by atoms with Gasteiger partial charge in [0.05, 0.1) is 6.61 Å². The third-order valence-corrected chi connectivity index (χ3v) is 2.39. The van der Waals surface area contributed by atoms with E-state index in [9.17, 15) is 4.79 Å². The molecule has 0 unspecified atom stereocenters. The molecule has 1 N–H and O–H groups in total. The minimum Gasteiger partial charge on any atom is -0.494 e. The predicted molar refractivity (Wildman–Crippen MR) is 64.9 cm³/mol. The fourth-order valence-corrected chi connectivity index (χ4v) is 1.48. The van der Waals surface area contributed by atoms with Crippen LogP contribution in [0.25, 0.3) is 0 Å². The van der Waals surface area contributed by atoms with Gasteiger partial charge >= 0.3 is 0 Å². The van der Waals surface area contributed by atoms with Gasteiger partial charge in [-0.25, -0.2) is 0 Å². The number of carbonyl (C=O) groups is 1. The first-order valence-corrected chi connectivity index (χ1v) is 5.75. The highest BCUT2D eigenvalue weighted by molar-refractivity contribution is 6.27. The Morgan fingerprint density at radius 1 is 1.50 bits per heavy atom. The molecule has 1 aromatic rings. The van der Waals surface area contributed by atoms with Crippen molar-refractivity contribution in [1.82, 2.24) is 5.32 Å². The summed E-state index contributed by atoms with van der Waals surface area (Å²) in [6.45, 7) is 5.09. The lowest BCUT2D eigenvalue weighted by molar-refractivity contribution is -0.118. The Balaban J connectivity index is 2.62. The van der Waals surface area contributed by atoms with E-state index in [2.05, 4.69) is 5.32 Å². The number of rotatable bonds is 5. The smallest absolute Gasteiger partial charge is 0.235 e. The fraction of sp³-hybridized carbons (Fsp3) is 0.417. The Hall–Kier alpha value is -1.22. The van der Waals surface area contributed by atoms with Gasteiger partial charge in [-0.2, -0.15) is 0 Å². The topological polar surface area (TPSA) is 38.3 Å². The fourth-order valence-electron chi connectivity index (χ4n) is 1.39. The van der Waals surface area contributed by atoms with Gasteiger partial charge < -0.3 is 10.1 Å². The monoisotopic (exact) mass is 241 g/mol. The van der Waals surface area contributed by atoms with Crippen molar-refractivity contribution in [2.24, 2.45) is 0 Å². The first kappa shape index (κ1) is 12.8. The van der Waals surface area contributed by atoms with E-state index in [1.54, 1.807) is 0 Å². The molecule has 4 heteroatoms. The molecule has 0 aromatic heterocycles. The molecule has 1 aromatic carbocycles. The zero-order chi connectivity index (χ0) is 12.0. The highest BCUT2D eigenvalue weighted by Crippen LogP contribution is 2.18. The molecule has 0 radical (unpaired) electrons. The van der Waals surface area contributed by atoms with E-state index in [0.29, 0.717) is 13.2 Å². The Bertz CT molecular complexity index is 366. The molecule has 0 fully saturated rings. The molecule has 0 heterocycles. The van der Waals surface area contributed by atoms with E-state index in [1.165, 1.54) is 0 Å². The summed E-state index contributed by atoms with van der Waals surface area (Å²) in [5.41, 5.74) is 2.11. The van der Waals surface area contributed by atoms with Crippen LogP contribution in [-0.2, 0) is 11.3 Å². The number of halogens is 1. The van der Waals surface area contributed by atoms with Gasteiger partial charge in [-0.05, 0) is 31.0 Å². The van der Waals surface area contributed by atoms with Crippen LogP contribution in [0.4, 0.5) is 0 Å². The Kier molecular flexibility index (Phi) is 5.12. The number of nitrogens with one attached hydrogen (secondary N) is 1. The van der Waals surface area contributed by atoms with Crippen LogP contribution < -0.4 is 10.1 Å². The van der Waals surface area contributed by atoms with E-state index in [4.69, 9.17) is 16.3 Å². The molecular formula is C12H16ClNO2. The first-order chi connectivity index (χ1) is 7.67. The summed E-state index contributed by atoms with van der Waals surface area (Å²) in [5.74, 6) is 0.721. The summed E-state index contributed by atoms with van der Waals surface area (Å²) >= 11 is 5.38. The highest BCUT2D eigenvalue weighted by atomic mass is 35.5.